The number of likely N-dealkylation sites (tertiary alicyclic amines) is 2. The van der Waals surface area contributed by atoms with E-state index >= 15 is 0 Å². The Kier molecular flexibility index (Phi) is 5.96. The van der Waals surface area contributed by atoms with E-state index in [1.165, 1.54) is 11.6 Å². The van der Waals surface area contributed by atoms with Gasteiger partial charge in [0.25, 0.3) is 0 Å². The number of carbonyl (C=O) groups is 2. The lowest BCUT2D eigenvalue weighted by Gasteiger charge is -2.60. The molecule has 1 spiro atoms. The number of nitrogens with zero attached hydrogens (tertiary/aromatic N) is 5. The van der Waals surface area contributed by atoms with Crippen LogP contribution in [-0.4, -0.2) is 64.0 Å². The second-order valence-electron chi connectivity index (χ2n) is 10.2. The molecule has 0 radical (unpaired) electrons. The van der Waals surface area contributed by atoms with E-state index in [-0.39, 0.29) is 36.1 Å². The highest BCUT2D eigenvalue weighted by Gasteiger charge is 2.52. The van der Waals surface area contributed by atoms with Gasteiger partial charge in [0.1, 0.15) is 12.4 Å². The van der Waals surface area contributed by atoms with E-state index in [2.05, 4.69) is 58.0 Å². The number of fused-ring (bicyclic) bond motifs is 1. The van der Waals surface area contributed by atoms with Gasteiger partial charge in [-0.1, -0.05) is 30.8 Å². The van der Waals surface area contributed by atoms with Crippen LogP contribution in [0.2, 0.25) is 0 Å². The van der Waals surface area contributed by atoms with Gasteiger partial charge >= 0.3 is 6.09 Å². The van der Waals surface area contributed by atoms with E-state index in [0.29, 0.717) is 11.8 Å². The molecule has 35 heavy (non-hydrogen) atoms. The highest BCUT2D eigenvalue weighted by Crippen LogP contribution is 2.40. The van der Waals surface area contributed by atoms with Gasteiger partial charge in [-0.25, -0.2) is 9.78 Å². The second-order valence-corrected chi connectivity index (χ2v) is 10.2. The van der Waals surface area contributed by atoms with Crippen LogP contribution in [0.25, 0.3) is 0 Å². The SMILES string of the molecule is C=CC(=O)N1CC2(CN(Cc3ccc([C@@H](C)Nc4ncc5c(n4)N(C(C)C)C(=O)OC5)cc3)C2)C1. The molecule has 1 atom stereocenters. The standard InChI is InChI=1S/C26H32N6O3/c1-5-22(33)31-15-26(16-31)13-30(14-26)11-19-6-8-20(9-7-19)18(4)28-24-27-10-21-12-35-25(34)32(17(2)3)23(21)29-24/h5-10,17-18H,1,11-16H2,2-4H3,(H,27,28,29)/t18-/m1/s1. The third-order valence-corrected chi connectivity index (χ3v) is 7.02. The van der Waals surface area contributed by atoms with Gasteiger partial charge in [0, 0.05) is 50.4 Å². The first-order valence-corrected chi connectivity index (χ1v) is 12.1. The molecule has 1 N–H and O–H groups in total. The maximum atomic E-state index is 12.2. The maximum Gasteiger partial charge on any atom is 0.416 e. The van der Waals surface area contributed by atoms with Crippen LogP contribution in [-0.2, 0) is 22.7 Å². The Balaban J connectivity index is 1.16. The molecular weight excluding hydrogens is 444 g/mol. The van der Waals surface area contributed by atoms with Crippen LogP contribution in [0.3, 0.4) is 0 Å². The van der Waals surface area contributed by atoms with Crippen molar-refractivity contribution in [3.05, 3.63) is 59.8 Å². The zero-order chi connectivity index (χ0) is 24.7. The van der Waals surface area contributed by atoms with Crippen molar-refractivity contribution in [2.75, 3.05) is 36.4 Å². The summed E-state index contributed by atoms with van der Waals surface area (Å²) in [5, 5.41) is 3.36. The molecule has 2 saturated heterocycles. The minimum absolute atomic E-state index is 0.000719. The number of amides is 2. The molecule has 2 fully saturated rings. The molecule has 5 rings (SSSR count). The number of anilines is 2. The van der Waals surface area contributed by atoms with Crippen molar-refractivity contribution in [2.24, 2.45) is 5.41 Å². The van der Waals surface area contributed by atoms with Gasteiger partial charge in [-0.15, -0.1) is 0 Å². The van der Waals surface area contributed by atoms with Gasteiger partial charge in [0.05, 0.1) is 11.6 Å². The molecule has 2 amide bonds. The zero-order valence-corrected chi connectivity index (χ0v) is 20.5. The zero-order valence-electron chi connectivity index (χ0n) is 20.5. The number of nitrogens with one attached hydrogen (secondary N) is 1. The van der Waals surface area contributed by atoms with Gasteiger partial charge in [0.15, 0.2) is 0 Å². The molecule has 4 heterocycles. The summed E-state index contributed by atoms with van der Waals surface area (Å²) in [5.41, 5.74) is 3.49. The van der Waals surface area contributed by atoms with E-state index in [1.807, 2.05) is 18.7 Å². The quantitative estimate of drug-likeness (QED) is 0.613. The Bertz CT molecular complexity index is 1130. The van der Waals surface area contributed by atoms with Crippen LogP contribution >= 0.6 is 0 Å². The molecular formula is C26H32N6O3. The van der Waals surface area contributed by atoms with E-state index in [1.54, 1.807) is 11.1 Å². The first-order valence-electron chi connectivity index (χ1n) is 12.1. The number of cyclic esters (lactones) is 1. The largest absolute Gasteiger partial charge is 0.444 e. The van der Waals surface area contributed by atoms with Crippen molar-refractivity contribution < 1.29 is 14.3 Å². The molecule has 0 aliphatic carbocycles. The average molecular weight is 477 g/mol. The van der Waals surface area contributed by atoms with Gasteiger partial charge in [-0.3, -0.25) is 14.6 Å². The van der Waals surface area contributed by atoms with Crippen LogP contribution in [0, 0.1) is 5.41 Å². The van der Waals surface area contributed by atoms with E-state index in [4.69, 9.17) is 4.74 Å². The van der Waals surface area contributed by atoms with Crippen LogP contribution in [0.4, 0.5) is 16.6 Å². The first-order chi connectivity index (χ1) is 16.8. The Hall–Kier alpha value is -3.46. The highest BCUT2D eigenvalue weighted by atomic mass is 16.6. The lowest BCUT2D eigenvalue weighted by Crippen LogP contribution is -2.72. The fourth-order valence-electron chi connectivity index (χ4n) is 5.24. The lowest BCUT2D eigenvalue weighted by atomic mass is 9.72. The van der Waals surface area contributed by atoms with Gasteiger partial charge in [-0.2, -0.15) is 4.98 Å². The van der Waals surface area contributed by atoms with Crippen molar-refractivity contribution >= 4 is 23.8 Å². The molecule has 9 heteroatoms. The molecule has 0 unspecified atom stereocenters. The van der Waals surface area contributed by atoms with Crippen LogP contribution in [0.1, 0.15) is 43.5 Å². The van der Waals surface area contributed by atoms with Crippen LogP contribution < -0.4 is 10.2 Å². The smallest absolute Gasteiger partial charge is 0.416 e. The maximum absolute atomic E-state index is 12.2. The minimum Gasteiger partial charge on any atom is -0.444 e. The first kappa shape index (κ1) is 23.3. The summed E-state index contributed by atoms with van der Waals surface area (Å²) >= 11 is 0. The Labute approximate surface area is 205 Å². The van der Waals surface area contributed by atoms with E-state index in [9.17, 15) is 9.59 Å². The molecule has 9 nitrogen and oxygen atoms in total. The van der Waals surface area contributed by atoms with E-state index < -0.39 is 0 Å². The van der Waals surface area contributed by atoms with Gasteiger partial charge in [-0.05, 0) is 38.0 Å². The number of carbonyl (C=O) groups excluding carboxylic acids is 2. The van der Waals surface area contributed by atoms with Crippen molar-refractivity contribution in [3.8, 4) is 0 Å². The summed E-state index contributed by atoms with van der Waals surface area (Å²) in [5.74, 6) is 1.12. The monoisotopic (exact) mass is 476 g/mol. The molecule has 0 saturated carbocycles. The fraction of sp³-hybridized carbons (Fsp3) is 0.462. The predicted octanol–water partition coefficient (Wildman–Crippen LogP) is 3.34. The highest BCUT2D eigenvalue weighted by molar-refractivity contribution is 5.89. The molecule has 184 valence electrons. The topological polar surface area (TPSA) is 90.9 Å². The molecule has 2 aromatic rings. The average Bonchev–Trinajstić information content (AvgIpc) is 2.79. The van der Waals surface area contributed by atoms with Crippen molar-refractivity contribution in [1.82, 2.24) is 19.8 Å². The summed E-state index contributed by atoms with van der Waals surface area (Å²) in [4.78, 5) is 38.8. The predicted molar refractivity (Wildman–Crippen MR) is 133 cm³/mol. The minimum atomic E-state index is -0.381. The van der Waals surface area contributed by atoms with Crippen molar-refractivity contribution in [2.45, 2.75) is 46.0 Å². The number of ether oxygens (including phenoxy) is 1. The Morgan fingerprint density at radius 2 is 1.91 bits per heavy atom. The summed E-state index contributed by atoms with van der Waals surface area (Å²) in [6.07, 6.45) is 2.74. The molecule has 3 aliphatic rings. The second kappa shape index (κ2) is 8.96. The summed E-state index contributed by atoms with van der Waals surface area (Å²) in [6.45, 7) is 14.4. The third kappa shape index (κ3) is 4.48. The molecule has 3 aliphatic heterocycles. The van der Waals surface area contributed by atoms with E-state index in [0.717, 1.165) is 43.9 Å². The number of rotatable bonds is 7. The molecule has 0 bridgehead atoms. The van der Waals surface area contributed by atoms with Gasteiger partial charge in [0.2, 0.25) is 11.9 Å². The van der Waals surface area contributed by atoms with Crippen molar-refractivity contribution in [3.63, 3.8) is 0 Å². The third-order valence-electron chi connectivity index (χ3n) is 7.02. The van der Waals surface area contributed by atoms with Crippen LogP contribution in [0.15, 0.2) is 43.1 Å². The number of hydrogen-bond acceptors (Lipinski definition) is 7. The summed E-state index contributed by atoms with van der Waals surface area (Å²) in [7, 11) is 0. The lowest BCUT2D eigenvalue weighted by molar-refractivity contribution is -0.154. The molecule has 1 aromatic carbocycles. The Morgan fingerprint density at radius 3 is 2.57 bits per heavy atom. The normalized spacial score (nSPS) is 19.5. The summed E-state index contributed by atoms with van der Waals surface area (Å²) < 4.78 is 5.22. The summed E-state index contributed by atoms with van der Waals surface area (Å²) in [6, 6.07) is 8.53. The Morgan fingerprint density at radius 1 is 1.20 bits per heavy atom. The van der Waals surface area contributed by atoms with Gasteiger partial charge < -0.3 is 15.0 Å². The number of aromatic nitrogens is 2. The van der Waals surface area contributed by atoms with Crippen LogP contribution in [0.5, 0.6) is 0 Å². The number of benzene rings is 1. The fourth-order valence-corrected chi connectivity index (χ4v) is 5.24. The molecule has 1 aromatic heterocycles. The number of hydrogen-bond donors (Lipinski definition) is 1. The van der Waals surface area contributed by atoms with Crippen molar-refractivity contribution in [1.29, 1.82) is 0 Å².